The van der Waals surface area contributed by atoms with E-state index in [2.05, 4.69) is 14.9 Å². The quantitative estimate of drug-likeness (QED) is 0.746. The molecule has 3 aliphatic rings. The Balaban J connectivity index is 1.75. The molecule has 108 valence electrons. The maximum atomic E-state index is 6.15. The van der Waals surface area contributed by atoms with Crippen molar-refractivity contribution in [1.82, 2.24) is 9.97 Å². The second-order valence-electron chi connectivity index (χ2n) is 6.05. The van der Waals surface area contributed by atoms with E-state index in [0.29, 0.717) is 17.4 Å². The van der Waals surface area contributed by atoms with Crippen molar-refractivity contribution >= 4 is 17.4 Å². The fraction of sp³-hybridized carbons (Fsp3) is 0.733. The fourth-order valence-electron chi connectivity index (χ4n) is 3.98. The lowest BCUT2D eigenvalue weighted by atomic mass is 10.1. The molecule has 4 nitrogen and oxygen atoms in total. The summed E-state index contributed by atoms with van der Waals surface area (Å²) >= 11 is 6.15. The van der Waals surface area contributed by atoms with Gasteiger partial charge in [0.15, 0.2) is 0 Å². The van der Waals surface area contributed by atoms with Crippen LogP contribution in [0.2, 0.25) is 5.28 Å². The second kappa shape index (κ2) is 5.15. The van der Waals surface area contributed by atoms with E-state index in [1.54, 1.807) is 0 Å². The number of rotatable bonds is 1. The zero-order valence-electron chi connectivity index (χ0n) is 11.6. The molecule has 0 amide bonds. The Morgan fingerprint density at radius 3 is 3.00 bits per heavy atom. The number of aromatic nitrogens is 2. The summed E-state index contributed by atoms with van der Waals surface area (Å²) in [6.45, 7) is 1.90. The van der Waals surface area contributed by atoms with Crippen LogP contribution >= 0.6 is 11.6 Å². The zero-order valence-corrected chi connectivity index (χ0v) is 12.4. The van der Waals surface area contributed by atoms with Gasteiger partial charge < -0.3 is 9.64 Å². The molecule has 1 aliphatic heterocycles. The van der Waals surface area contributed by atoms with Crippen molar-refractivity contribution in [3.05, 3.63) is 16.5 Å². The fourth-order valence-corrected chi connectivity index (χ4v) is 4.16. The standard InChI is InChI=1S/C15H20ClN3O/c16-15-17-11-5-1-4-10(11)14(18-15)19-8-3-9-20-13-7-2-6-12(13)19/h12-13H,1-9H2. The van der Waals surface area contributed by atoms with Crippen LogP contribution in [0, 0.1) is 0 Å². The number of ether oxygens (including phenoxy) is 1. The maximum absolute atomic E-state index is 6.15. The summed E-state index contributed by atoms with van der Waals surface area (Å²) in [5, 5.41) is 0.403. The summed E-state index contributed by atoms with van der Waals surface area (Å²) in [5.41, 5.74) is 2.50. The predicted octanol–water partition coefficient (Wildman–Crippen LogP) is 2.77. The lowest BCUT2D eigenvalue weighted by Gasteiger charge is -2.32. The van der Waals surface area contributed by atoms with Crippen molar-refractivity contribution in [3.63, 3.8) is 0 Å². The molecule has 2 heterocycles. The van der Waals surface area contributed by atoms with Gasteiger partial charge in [0.1, 0.15) is 5.82 Å². The second-order valence-corrected chi connectivity index (χ2v) is 6.39. The van der Waals surface area contributed by atoms with Crippen molar-refractivity contribution < 1.29 is 4.74 Å². The molecule has 1 saturated carbocycles. The monoisotopic (exact) mass is 293 g/mol. The topological polar surface area (TPSA) is 38.2 Å². The highest BCUT2D eigenvalue weighted by molar-refractivity contribution is 6.28. The first kappa shape index (κ1) is 12.8. The minimum Gasteiger partial charge on any atom is -0.376 e. The summed E-state index contributed by atoms with van der Waals surface area (Å²) in [5.74, 6) is 1.10. The van der Waals surface area contributed by atoms with Crippen LogP contribution in [0.25, 0.3) is 0 Å². The van der Waals surface area contributed by atoms with E-state index in [1.165, 1.54) is 36.9 Å². The van der Waals surface area contributed by atoms with Crippen LogP contribution in [0.5, 0.6) is 0 Å². The molecule has 20 heavy (non-hydrogen) atoms. The van der Waals surface area contributed by atoms with Gasteiger partial charge in [-0.1, -0.05) is 0 Å². The maximum Gasteiger partial charge on any atom is 0.224 e. The molecule has 2 atom stereocenters. The summed E-state index contributed by atoms with van der Waals surface area (Å²) in [4.78, 5) is 11.5. The molecule has 1 aromatic rings. The Morgan fingerprint density at radius 2 is 2.05 bits per heavy atom. The third-order valence-electron chi connectivity index (χ3n) is 4.85. The molecule has 1 saturated heterocycles. The first-order valence-electron chi connectivity index (χ1n) is 7.76. The minimum atomic E-state index is 0.378. The van der Waals surface area contributed by atoms with E-state index in [-0.39, 0.29) is 0 Å². The van der Waals surface area contributed by atoms with E-state index in [4.69, 9.17) is 16.3 Å². The summed E-state index contributed by atoms with van der Waals surface area (Å²) in [6, 6.07) is 0.480. The Morgan fingerprint density at radius 1 is 1.10 bits per heavy atom. The molecule has 4 rings (SSSR count). The molecule has 2 aliphatic carbocycles. The Kier molecular flexibility index (Phi) is 3.31. The molecule has 2 unspecified atom stereocenters. The van der Waals surface area contributed by atoms with Crippen molar-refractivity contribution in [1.29, 1.82) is 0 Å². The molecule has 1 aromatic heterocycles. The van der Waals surface area contributed by atoms with Gasteiger partial charge in [-0.3, -0.25) is 0 Å². The van der Waals surface area contributed by atoms with Gasteiger partial charge in [-0.2, -0.15) is 0 Å². The summed E-state index contributed by atoms with van der Waals surface area (Å²) in [6.07, 6.45) is 8.41. The number of aryl methyl sites for hydroxylation is 1. The summed E-state index contributed by atoms with van der Waals surface area (Å²) in [7, 11) is 0. The largest absolute Gasteiger partial charge is 0.376 e. The number of nitrogens with zero attached hydrogens (tertiary/aromatic N) is 3. The van der Waals surface area contributed by atoms with Crippen LogP contribution < -0.4 is 4.90 Å². The van der Waals surface area contributed by atoms with Crippen LogP contribution in [0.15, 0.2) is 0 Å². The van der Waals surface area contributed by atoms with Crippen LogP contribution in [-0.2, 0) is 17.6 Å². The van der Waals surface area contributed by atoms with Crippen LogP contribution in [-0.4, -0.2) is 35.3 Å². The van der Waals surface area contributed by atoms with E-state index in [0.717, 1.165) is 38.2 Å². The van der Waals surface area contributed by atoms with Gasteiger partial charge in [-0.15, -0.1) is 0 Å². The SMILES string of the molecule is Clc1nc2c(c(N3CCCOC4CCCC43)n1)CCC2. The lowest BCUT2D eigenvalue weighted by Crippen LogP contribution is -2.41. The molecule has 0 radical (unpaired) electrons. The molecule has 0 aromatic carbocycles. The van der Waals surface area contributed by atoms with Crippen molar-refractivity contribution in [3.8, 4) is 0 Å². The molecule has 5 heteroatoms. The molecular formula is C15H20ClN3O. The Labute approximate surface area is 124 Å². The van der Waals surface area contributed by atoms with E-state index in [9.17, 15) is 0 Å². The highest BCUT2D eigenvalue weighted by atomic mass is 35.5. The molecule has 0 spiro atoms. The smallest absolute Gasteiger partial charge is 0.224 e. The third-order valence-corrected chi connectivity index (χ3v) is 5.02. The first-order chi connectivity index (χ1) is 9.83. The Hall–Kier alpha value is -0.870. The average Bonchev–Trinajstić information content (AvgIpc) is 3.04. The predicted molar refractivity (Wildman–Crippen MR) is 78.4 cm³/mol. The van der Waals surface area contributed by atoms with Gasteiger partial charge in [-0.05, 0) is 56.5 Å². The Bertz CT molecular complexity index is 522. The normalized spacial score (nSPS) is 29.1. The van der Waals surface area contributed by atoms with Gasteiger partial charge in [0.25, 0.3) is 0 Å². The summed E-state index contributed by atoms with van der Waals surface area (Å²) < 4.78 is 6.01. The molecular weight excluding hydrogens is 274 g/mol. The number of fused-ring (bicyclic) bond motifs is 2. The third kappa shape index (κ3) is 2.09. The van der Waals surface area contributed by atoms with Crippen LogP contribution in [0.4, 0.5) is 5.82 Å². The van der Waals surface area contributed by atoms with Gasteiger partial charge in [0.05, 0.1) is 17.8 Å². The number of hydrogen-bond acceptors (Lipinski definition) is 4. The highest BCUT2D eigenvalue weighted by Gasteiger charge is 2.37. The number of anilines is 1. The van der Waals surface area contributed by atoms with Gasteiger partial charge >= 0.3 is 0 Å². The van der Waals surface area contributed by atoms with Gasteiger partial charge in [-0.25, -0.2) is 9.97 Å². The van der Waals surface area contributed by atoms with E-state index >= 15 is 0 Å². The highest BCUT2D eigenvalue weighted by Crippen LogP contribution is 2.36. The number of halogens is 1. The zero-order chi connectivity index (χ0) is 13.5. The number of hydrogen-bond donors (Lipinski definition) is 0. The van der Waals surface area contributed by atoms with E-state index < -0.39 is 0 Å². The van der Waals surface area contributed by atoms with Crippen molar-refractivity contribution in [2.75, 3.05) is 18.1 Å². The average molecular weight is 294 g/mol. The van der Waals surface area contributed by atoms with Crippen molar-refractivity contribution in [2.45, 2.75) is 57.1 Å². The lowest BCUT2D eigenvalue weighted by molar-refractivity contribution is 0.0590. The minimum absolute atomic E-state index is 0.378. The first-order valence-corrected chi connectivity index (χ1v) is 8.14. The molecule has 2 fully saturated rings. The van der Waals surface area contributed by atoms with Crippen LogP contribution in [0.1, 0.15) is 43.4 Å². The van der Waals surface area contributed by atoms with Gasteiger partial charge in [0.2, 0.25) is 5.28 Å². The van der Waals surface area contributed by atoms with Crippen LogP contribution in [0.3, 0.4) is 0 Å². The molecule has 0 N–H and O–H groups in total. The van der Waals surface area contributed by atoms with Crippen molar-refractivity contribution in [2.24, 2.45) is 0 Å². The van der Waals surface area contributed by atoms with E-state index in [1.807, 2.05) is 0 Å². The van der Waals surface area contributed by atoms with Gasteiger partial charge in [0, 0.05) is 18.7 Å². The molecule has 0 bridgehead atoms.